The predicted octanol–water partition coefficient (Wildman–Crippen LogP) is 3.75. The van der Waals surface area contributed by atoms with E-state index in [1.165, 1.54) is 11.1 Å². The Hall–Kier alpha value is -2.13. The molecule has 0 aromatic heterocycles. The van der Waals surface area contributed by atoms with Crippen LogP contribution in [0, 0.1) is 0 Å². The predicted molar refractivity (Wildman–Crippen MR) is 97.4 cm³/mol. The molecular formula is C21H26N2O. The second-order valence-corrected chi connectivity index (χ2v) is 6.58. The molecule has 0 spiro atoms. The first-order valence-electron chi connectivity index (χ1n) is 8.88. The third-order valence-corrected chi connectivity index (χ3v) is 4.51. The summed E-state index contributed by atoms with van der Waals surface area (Å²) in [6, 6.07) is 21.1. The summed E-state index contributed by atoms with van der Waals surface area (Å²) in [4.78, 5) is 15.0. The maximum atomic E-state index is 12.7. The number of hydrogen-bond donors (Lipinski definition) is 1. The summed E-state index contributed by atoms with van der Waals surface area (Å²) >= 11 is 0. The average molecular weight is 322 g/mol. The number of rotatable bonds is 8. The number of amides is 1. The van der Waals surface area contributed by atoms with Gasteiger partial charge in [0.1, 0.15) is 0 Å². The van der Waals surface area contributed by atoms with E-state index in [9.17, 15) is 4.79 Å². The number of nitrogens with zero attached hydrogens (tertiary/aromatic N) is 1. The van der Waals surface area contributed by atoms with Crippen LogP contribution in [0.1, 0.15) is 37.3 Å². The molecule has 0 aliphatic heterocycles. The molecule has 1 amide bonds. The maximum Gasteiger partial charge on any atom is 0.237 e. The highest BCUT2D eigenvalue weighted by atomic mass is 16.2. The number of nitrogens with one attached hydrogen (secondary N) is 1. The van der Waals surface area contributed by atoms with E-state index in [2.05, 4.69) is 65.7 Å². The van der Waals surface area contributed by atoms with Crippen molar-refractivity contribution in [1.82, 2.24) is 10.2 Å². The second-order valence-electron chi connectivity index (χ2n) is 6.58. The van der Waals surface area contributed by atoms with Crippen LogP contribution in [0.15, 0.2) is 60.7 Å². The molecule has 126 valence electrons. The minimum Gasteiger partial charge on any atom is -0.352 e. The van der Waals surface area contributed by atoms with Crippen LogP contribution in [0.25, 0.3) is 0 Å². The standard InChI is InChI=1S/C21H26N2O/c1-2-20(21(24)22-19-13-14-19)23(15-17-9-5-3-6-10-17)16-18-11-7-4-8-12-18/h3-12,19-20H,2,13-16H2,1H3,(H,22,24)/t20-/m0/s1. The van der Waals surface area contributed by atoms with Gasteiger partial charge in [0.05, 0.1) is 6.04 Å². The van der Waals surface area contributed by atoms with Crippen molar-refractivity contribution in [2.75, 3.05) is 0 Å². The molecule has 1 aliphatic carbocycles. The Morgan fingerprint density at radius 2 is 1.50 bits per heavy atom. The largest absolute Gasteiger partial charge is 0.352 e. The van der Waals surface area contributed by atoms with Crippen LogP contribution in [0.3, 0.4) is 0 Å². The molecule has 1 aliphatic rings. The summed E-state index contributed by atoms with van der Waals surface area (Å²) in [7, 11) is 0. The van der Waals surface area contributed by atoms with Gasteiger partial charge >= 0.3 is 0 Å². The molecular weight excluding hydrogens is 296 g/mol. The Kier molecular flexibility index (Phi) is 5.65. The highest BCUT2D eigenvalue weighted by Crippen LogP contribution is 2.21. The minimum atomic E-state index is -0.0917. The van der Waals surface area contributed by atoms with E-state index in [1.54, 1.807) is 0 Å². The number of carbonyl (C=O) groups excluding carboxylic acids is 1. The van der Waals surface area contributed by atoms with E-state index in [-0.39, 0.29) is 11.9 Å². The summed E-state index contributed by atoms with van der Waals surface area (Å²) in [6.07, 6.45) is 3.07. The first-order chi connectivity index (χ1) is 11.8. The topological polar surface area (TPSA) is 32.3 Å². The number of benzene rings is 2. The molecule has 1 atom stereocenters. The van der Waals surface area contributed by atoms with Crippen molar-refractivity contribution in [3.8, 4) is 0 Å². The first-order valence-corrected chi connectivity index (χ1v) is 8.88. The van der Waals surface area contributed by atoms with Crippen LogP contribution in [0.2, 0.25) is 0 Å². The van der Waals surface area contributed by atoms with Crippen molar-refractivity contribution in [2.45, 2.75) is 51.4 Å². The molecule has 3 heteroatoms. The zero-order valence-corrected chi connectivity index (χ0v) is 14.3. The lowest BCUT2D eigenvalue weighted by Gasteiger charge is -2.30. The van der Waals surface area contributed by atoms with Crippen molar-refractivity contribution in [2.24, 2.45) is 0 Å². The maximum absolute atomic E-state index is 12.7. The first kappa shape index (κ1) is 16.7. The molecule has 1 N–H and O–H groups in total. The molecule has 1 saturated carbocycles. The average Bonchev–Trinajstić information content (AvgIpc) is 3.41. The molecule has 1 fully saturated rings. The molecule has 24 heavy (non-hydrogen) atoms. The molecule has 3 rings (SSSR count). The molecule has 0 heterocycles. The van der Waals surface area contributed by atoms with Crippen molar-refractivity contribution in [1.29, 1.82) is 0 Å². The molecule has 0 saturated heterocycles. The third kappa shape index (κ3) is 4.68. The van der Waals surface area contributed by atoms with E-state index in [1.807, 2.05) is 12.1 Å². The Morgan fingerprint density at radius 1 is 1.00 bits per heavy atom. The fourth-order valence-corrected chi connectivity index (χ4v) is 3.05. The number of hydrogen-bond acceptors (Lipinski definition) is 2. The Labute approximate surface area is 144 Å². The van der Waals surface area contributed by atoms with Crippen LogP contribution in [0.4, 0.5) is 0 Å². The minimum absolute atomic E-state index is 0.0917. The highest BCUT2D eigenvalue weighted by molar-refractivity contribution is 5.82. The van der Waals surface area contributed by atoms with Gasteiger partial charge in [0, 0.05) is 19.1 Å². The normalized spacial score (nSPS) is 15.2. The number of carbonyl (C=O) groups is 1. The second kappa shape index (κ2) is 8.11. The molecule has 0 radical (unpaired) electrons. The van der Waals surface area contributed by atoms with E-state index in [4.69, 9.17) is 0 Å². The molecule has 2 aromatic rings. The molecule has 0 bridgehead atoms. The fraction of sp³-hybridized carbons (Fsp3) is 0.381. The van der Waals surface area contributed by atoms with Gasteiger partial charge in [0.2, 0.25) is 5.91 Å². The molecule has 3 nitrogen and oxygen atoms in total. The lowest BCUT2D eigenvalue weighted by Crippen LogP contribution is -2.46. The van der Waals surface area contributed by atoms with E-state index in [0.29, 0.717) is 6.04 Å². The van der Waals surface area contributed by atoms with Gasteiger partial charge < -0.3 is 5.32 Å². The van der Waals surface area contributed by atoms with Crippen LogP contribution in [0.5, 0.6) is 0 Å². The van der Waals surface area contributed by atoms with Gasteiger partial charge in [-0.1, -0.05) is 67.6 Å². The zero-order valence-electron chi connectivity index (χ0n) is 14.3. The quantitative estimate of drug-likeness (QED) is 0.803. The zero-order chi connectivity index (χ0) is 16.8. The van der Waals surface area contributed by atoms with E-state index >= 15 is 0 Å². The smallest absolute Gasteiger partial charge is 0.237 e. The summed E-state index contributed by atoms with van der Waals surface area (Å²) in [5.41, 5.74) is 2.48. The van der Waals surface area contributed by atoms with Crippen molar-refractivity contribution < 1.29 is 4.79 Å². The molecule has 2 aromatic carbocycles. The van der Waals surface area contributed by atoms with Gasteiger partial charge in [-0.3, -0.25) is 9.69 Å². The van der Waals surface area contributed by atoms with Gasteiger partial charge in [-0.25, -0.2) is 0 Å². The summed E-state index contributed by atoms with van der Waals surface area (Å²) in [5.74, 6) is 0.173. The summed E-state index contributed by atoms with van der Waals surface area (Å²) in [6.45, 7) is 3.67. The SMILES string of the molecule is CC[C@@H](C(=O)NC1CC1)N(Cc1ccccc1)Cc1ccccc1. The van der Waals surface area contributed by atoms with Gasteiger partial charge in [0.15, 0.2) is 0 Å². The van der Waals surface area contributed by atoms with Crippen LogP contribution >= 0.6 is 0 Å². The fourth-order valence-electron chi connectivity index (χ4n) is 3.05. The highest BCUT2D eigenvalue weighted by Gasteiger charge is 2.30. The Bertz CT molecular complexity index is 596. The van der Waals surface area contributed by atoms with Gasteiger partial charge in [-0.2, -0.15) is 0 Å². The lowest BCUT2D eigenvalue weighted by atomic mass is 10.1. The van der Waals surface area contributed by atoms with Crippen LogP contribution in [-0.2, 0) is 17.9 Å². The van der Waals surface area contributed by atoms with Crippen LogP contribution < -0.4 is 5.32 Å². The van der Waals surface area contributed by atoms with Gasteiger partial charge in [-0.15, -0.1) is 0 Å². The molecule has 0 unspecified atom stereocenters. The van der Waals surface area contributed by atoms with Crippen molar-refractivity contribution in [3.05, 3.63) is 71.8 Å². The van der Waals surface area contributed by atoms with Crippen LogP contribution in [-0.4, -0.2) is 22.9 Å². The van der Waals surface area contributed by atoms with Crippen molar-refractivity contribution in [3.63, 3.8) is 0 Å². The Balaban J connectivity index is 1.77. The van der Waals surface area contributed by atoms with E-state index < -0.39 is 0 Å². The van der Waals surface area contributed by atoms with Crippen molar-refractivity contribution >= 4 is 5.91 Å². The van der Waals surface area contributed by atoms with E-state index in [0.717, 1.165) is 32.4 Å². The summed E-state index contributed by atoms with van der Waals surface area (Å²) < 4.78 is 0. The Morgan fingerprint density at radius 3 is 1.92 bits per heavy atom. The lowest BCUT2D eigenvalue weighted by molar-refractivity contribution is -0.127. The van der Waals surface area contributed by atoms with Gasteiger partial charge in [-0.05, 0) is 30.4 Å². The third-order valence-electron chi connectivity index (χ3n) is 4.51. The summed E-state index contributed by atoms with van der Waals surface area (Å²) in [5, 5.41) is 3.18. The monoisotopic (exact) mass is 322 g/mol. The van der Waals surface area contributed by atoms with Gasteiger partial charge in [0.25, 0.3) is 0 Å².